The van der Waals surface area contributed by atoms with Gasteiger partial charge < -0.3 is 10.4 Å². The molecule has 5 heteroatoms. The molecule has 0 aliphatic heterocycles. The van der Waals surface area contributed by atoms with Crippen molar-refractivity contribution in [2.45, 2.75) is 12.5 Å². The van der Waals surface area contributed by atoms with Crippen molar-refractivity contribution in [3.63, 3.8) is 0 Å². The molecule has 3 nitrogen and oxygen atoms in total. The minimum Gasteiger partial charge on any atom is -0.396 e. The number of rotatable bonds is 5. The topological polar surface area (TPSA) is 49.3 Å². The first kappa shape index (κ1) is 15.1. The molecule has 0 radical (unpaired) electrons. The Morgan fingerprint density at radius 3 is 2.52 bits per heavy atom. The zero-order valence-corrected chi connectivity index (χ0v) is 11.2. The molecule has 0 saturated heterocycles. The number of nitrogens with one attached hydrogen (secondary N) is 1. The van der Waals surface area contributed by atoms with Gasteiger partial charge in [0, 0.05) is 6.61 Å². The molecule has 2 aromatic rings. The summed E-state index contributed by atoms with van der Waals surface area (Å²) in [6.45, 7) is -0.133. The summed E-state index contributed by atoms with van der Waals surface area (Å²) in [5.74, 6) is -2.18. The fourth-order valence-electron chi connectivity index (χ4n) is 2.04. The van der Waals surface area contributed by atoms with Gasteiger partial charge in [-0.2, -0.15) is 0 Å². The fraction of sp³-hybridized carbons (Fsp3) is 0.188. The van der Waals surface area contributed by atoms with Crippen molar-refractivity contribution >= 4 is 5.91 Å². The number of halogens is 2. The van der Waals surface area contributed by atoms with Gasteiger partial charge in [0.15, 0.2) is 0 Å². The second-order valence-electron chi connectivity index (χ2n) is 4.57. The molecule has 2 N–H and O–H groups in total. The van der Waals surface area contributed by atoms with Gasteiger partial charge in [0.25, 0.3) is 5.91 Å². The molecular formula is C16H15F2NO2. The Bertz CT molecular complexity index is 617. The molecule has 0 aliphatic carbocycles. The van der Waals surface area contributed by atoms with E-state index in [1.807, 2.05) is 6.07 Å². The molecule has 0 aromatic heterocycles. The van der Waals surface area contributed by atoms with E-state index in [2.05, 4.69) is 5.32 Å². The maximum atomic E-state index is 13.6. The fourth-order valence-corrected chi connectivity index (χ4v) is 2.04. The molecule has 0 saturated carbocycles. The van der Waals surface area contributed by atoms with Crippen LogP contribution in [0.5, 0.6) is 0 Å². The van der Waals surface area contributed by atoms with Crippen LogP contribution in [-0.2, 0) is 0 Å². The van der Waals surface area contributed by atoms with Crippen LogP contribution in [0.2, 0.25) is 0 Å². The maximum absolute atomic E-state index is 13.6. The largest absolute Gasteiger partial charge is 0.396 e. The van der Waals surface area contributed by atoms with Crippen molar-refractivity contribution in [3.05, 3.63) is 71.3 Å². The van der Waals surface area contributed by atoms with E-state index < -0.39 is 23.6 Å². The summed E-state index contributed by atoms with van der Waals surface area (Å²) in [5.41, 5.74) is 0.436. The van der Waals surface area contributed by atoms with Gasteiger partial charge >= 0.3 is 0 Å². The third-order valence-corrected chi connectivity index (χ3v) is 3.10. The van der Waals surface area contributed by atoms with E-state index >= 15 is 0 Å². The Kier molecular flexibility index (Phi) is 5.00. The molecule has 110 valence electrons. The SMILES string of the molecule is O=C(NC(CCO)c1ccccc1)c1cc(F)ccc1F. The van der Waals surface area contributed by atoms with Gasteiger partial charge in [-0.25, -0.2) is 8.78 Å². The molecule has 0 aliphatic rings. The van der Waals surface area contributed by atoms with Gasteiger partial charge in [-0.3, -0.25) is 4.79 Å². The van der Waals surface area contributed by atoms with Gasteiger partial charge in [0.2, 0.25) is 0 Å². The van der Waals surface area contributed by atoms with Crippen LogP contribution in [0.25, 0.3) is 0 Å². The monoisotopic (exact) mass is 291 g/mol. The minimum absolute atomic E-state index is 0.133. The summed E-state index contributed by atoms with van der Waals surface area (Å²) in [4.78, 5) is 12.1. The van der Waals surface area contributed by atoms with Crippen LogP contribution in [0.4, 0.5) is 8.78 Å². The van der Waals surface area contributed by atoms with Gasteiger partial charge in [-0.15, -0.1) is 0 Å². The van der Waals surface area contributed by atoms with Crippen molar-refractivity contribution in [1.82, 2.24) is 5.32 Å². The average Bonchev–Trinajstić information content (AvgIpc) is 2.50. The highest BCUT2D eigenvalue weighted by molar-refractivity contribution is 5.94. The van der Waals surface area contributed by atoms with Crippen LogP contribution in [-0.4, -0.2) is 17.6 Å². The molecule has 0 fully saturated rings. The number of carbonyl (C=O) groups excluding carboxylic acids is 1. The average molecular weight is 291 g/mol. The summed E-state index contributed by atoms with van der Waals surface area (Å²) >= 11 is 0. The molecule has 0 spiro atoms. The highest BCUT2D eigenvalue weighted by Gasteiger charge is 2.18. The molecule has 0 bridgehead atoms. The molecule has 2 rings (SSSR count). The minimum atomic E-state index is -0.787. The molecule has 2 aromatic carbocycles. The van der Waals surface area contributed by atoms with E-state index in [0.29, 0.717) is 0 Å². The summed E-state index contributed by atoms with van der Waals surface area (Å²) in [6.07, 6.45) is 0.284. The van der Waals surface area contributed by atoms with Gasteiger partial charge in [0.05, 0.1) is 11.6 Å². The normalized spacial score (nSPS) is 12.0. The number of amides is 1. The number of aliphatic hydroxyl groups is 1. The zero-order valence-electron chi connectivity index (χ0n) is 11.2. The van der Waals surface area contributed by atoms with Crippen LogP contribution in [0.3, 0.4) is 0 Å². The summed E-state index contributed by atoms with van der Waals surface area (Å²) in [6, 6.07) is 11.3. The predicted molar refractivity (Wildman–Crippen MR) is 74.7 cm³/mol. The Morgan fingerprint density at radius 2 is 1.86 bits per heavy atom. The lowest BCUT2D eigenvalue weighted by molar-refractivity contribution is 0.0925. The van der Waals surface area contributed by atoms with Crippen LogP contribution in [0.1, 0.15) is 28.4 Å². The number of hydrogen-bond acceptors (Lipinski definition) is 2. The van der Waals surface area contributed by atoms with Crippen molar-refractivity contribution < 1.29 is 18.7 Å². The predicted octanol–water partition coefficient (Wildman–Crippen LogP) is 2.82. The molecule has 1 atom stereocenters. The first-order valence-electron chi connectivity index (χ1n) is 6.53. The summed E-state index contributed by atoms with van der Waals surface area (Å²) < 4.78 is 26.7. The zero-order chi connectivity index (χ0) is 15.2. The second-order valence-corrected chi connectivity index (χ2v) is 4.57. The van der Waals surface area contributed by atoms with Crippen LogP contribution in [0, 0.1) is 11.6 Å². The summed E-state index contributed by atoms with van der Waals surface area (Å²) in [7, 11) is 0. The van der Waals surface area contributed by atoms with E-state index in [4.69, 9.17) is 5.11 Å². The molecule has 1 unspecified atom stereocenters. The first-order valence-corrected chi connectivity index (χ1v) is 6.53. The highest BCUT2D eigenvalue weighted by Crippen LogP contribution is 2.18. The Labute approximate surface area is 121 Å². The third-order valence-electron chi connectivity index (χ3n) is 3.10. The van der Waals surface area contributed by atoms with Crippen molar-refractivity contribution in [1.29, 1.82) is 0 Å². The van der Waals surface area contributed by atoms with Crippen molar-refractivity contribution in [2.75, 3.05) is 6.61 Å². The van der Waals surface area contributed by atoms with Gasteiger partial charge in [-0.1, -0.05) is 30.3 Å². The first-order chi connectivity index (χ1) is 10.1. The van der Waals surface area contributed by atoms with E-state index in [9.17, 15) is 13.6 Å². The third kappa shape index (κ3) is 3.86. The Morgan fingerprint density at radius 1 is 1.14 bits per heavy atom. The van der Waals surface area contributed by atoms with Gasteiger partial charge in [0.1, 0.15) is 11.6 Å². The highest BCUT2D eigenvalue weighted by atomic mass is 19.1. The standard InChI is InChI=1S/C16H15F2NO2/c17-12-6-7-14(18)13(10-12)16(21)19-15(8-9-20)11-4-2-1-3-5-11/h1-7,10,15,20H,8-9H2,(H,19,21). The Hall–Kier alpha value is -2.27. The molecular weight excluding hydrogens is 276 g/mol. The second kappa shape index (κ2) is 6.95. The van der Waals surface area contributed by atoms with Crippen molar-refractivity contribution in [3.8, 4) is 0 Å². The number of hydrogen-bond donors (Lipinski definition) is 2. The van der Waals surface area contributed by atoms with E-state index in [1.165, 1.54) is 0 Å². The van der Waals surface area contributed by atoms with Crippen LogP contribution < -0.4 is 5.32 Å². The summed E-state index contributed by atoms with van der Waals surface area (Å²) in [5, 5.41) is 11.7. The van der Waals surface area contributed by atoms with Crippen LogP contribution >= 0.6 is 0 Å². The lowest BCUT2D eigenvalue weighted by Crippen LogP contribution is -2.30. The Balaban J connectivity index is 2.20. The van der Waals surface area contributed by atoms with Crippen LogP contribution in [0.15, 0.2) is 48.5 Å². The number of aliphatic hydroxyl groups excluding tert-OH is 1. The molecule has 1 amide bonds. The molecule has 0 heterocycles. The number of carbonyl (C=O) groups is 1. The van der Waals surface area contributed by atoms with Gasteiger partial charge in [-0.05, 0) is 30.2 Å². The quantitative estimate of drug-likeness (QED) is 0.890. The number of benzene rings is 2. The maximum Gasteiger partial charge on any atom is 0.254 e. The van der Waals surface area contributed by atoms with E-state index in [1.54, 1.807) is 24.3 Å². The lowest BCUT2D eigenvalue weighted by atomic mass is 10.0. The van der Waals surface area contributed by atoms with E-state index in [-0.39, 0.29) is 18.6 Å². The smallest absolute Gasteiger partial charge is 0.254 e. The molecule has 21 heavy (non-hydrogen) atoms. The van der Waals surface area contributed by atoms with E-state index in [0.717, 1.165) is 23.8 Å². The van der Waals surface area contributed by atoms with Crippen molar-refractivity contribution in [2.24, 2.45) is 0 Å². The lowest BCUT2D eigenvalue weighted by Gasteiger charge is -2.18.